The van der Waals surface area contributed by atoms with Crippen LogP contribution in [0.5, 0.6) is 0 Å². The van der Waals surface area contributed by atoms with E-state index >= 15 is 0 Å². The van der Waals surface area contributed by atoms with Crippen LogP contribution in [-0.4, -0.2) is 15.8 Å². The maximum Gasteiger partial charge on any atom is 0.0605 e. The van der Waals surface area contributed by atoms with Crippen molar-refractivity contribution >= 4 is 11.9 Å². The van der Waals surface area contributed by atoms with Gasteiger partial charge in [0.25, 0.3) is 0 Å². The van der Waals surface area contributed by atoms with Crippen molar-refractivity contribution in [2.75, 3.05) is 6.54 Å². The van der Waals surface area contributed by atoms with Gasteiger partial charge in [0.2, 0.25) is 0 Å². The Morgan fingerprint density at radius 3 is 2.55 bits per heavy atom. The van der Waals surface area contributed by atoms with Crippen LogP contribution in [0.25, 0.3) is 0 Å². The van der Waals surface area contributed by atoms with Gasteiger partial charge in [-0.1, -0.05) is 48.5 Å². The largest absolute Gasteiger partial charge is 0.305 e. The molecule has 4 heteroatoms. The summed E-state index contributed by atoms with van der Waals surface area (Å²) in [6.45, 7) is 3.07. The molecule has 3 nitrogen and oxygen atoms in total. The van der Waals surface area contributed by atoms with Gasteiger partial charge in [-0.25, -0.2) is 4.31 Å². The molecule has 1 N–H and O–H groups in total. The quantitative estimate of drug-likeness (QED) is 0.412. The van der Waals surface area contributed by atoms with Crippen molar-refractivity contribution in [2.24, 2.45) is 5.92 Å². The van der Waals surface area contributed by atoms with E-state index in [9.17, 15) is 0 Å². The summed E-state index contributed by atoms with van der Waals surface area (Å²) in [6.07, 6.45) is 8.27. The normalized spacial score (nSPS) is 18.2. The van der Waals surface area contributed by atoms with Gasteiger partial charge in [-0.05, 0) is 84.9 Å². The summed E-state index contributed by atoms with van der Waals surface area (Å²) in [7, 11) is 0. The van der Waals surface area contributed by atoms with Gasteiger partial charge in [-0.3, -0.25) is 4.98 Å². The number of hydrogen-bond acceptors (Lipinski definition) is 4. The highest BCUT2D eigenvalue weighted by Gasteiger charge is 2.25. The molecule has 0 spiro atoms. The van der Waals surface area contributed by atoms with Crippen molar-refractivity contribution in [1.82, 2.24) is 14.6 Å². The number of nitrogens with zero attached hydrogens (tertiary/aromatic N) is 2. The van der Waals surface area contributed by atoms with Crippen LogP contribution < -0.4 is 5.32 Å². The van der Waals surface area contributed by atoms with E-state index in [1.54, 1.807) is 0 Å². The minimum absolute atomic E-state index is 0.374. The van der Waals surface area contributed by atoms with Crippen molar-refractivity contribution < 1.29 is 0 Å². The molecule has 0 amide bonds. The fourth-order valence-corrected chi connectivity index (χ4v) is 5.43. The number of rotatable bonds is 9. The van der Waals surface area contributed by atoms with E-state index in [1.807, 2.05) is 18.1 Å². The van der Waals surface area contributed by atoms with E-state index in [2.05, 4.69) is 81.3 Å². The minimum atomic E-state index is 0.374. The summed E-state index contributed by atoms with van der Waals surface area (Å²) in [6, 6.07) is 24.6. The topological polar surface area (TPSA) is 28.2 Å². The molecule has 0 saturated heterocycles. The number of benzene rings is 2. The second kappa shape index (κ2) is 9.99. The van der Waals surface area contributed by atoms with Gasteiger partial charge >= 0.3 is 0 Å². The van der Waals surface area contributed by atoms with Gasteiger partial charge in [0.05, 0.1) is 11.7 Å². The van der Waals surface area contributed by atoms with Gasteiger partial charge < -0.3 is 5.32 Å². The molecule has 1 atom stereocenters. The summed E-state index contributed by atoms with van der Waals surface area (Å²) >= 11 is 1.90. The molecule has 3 aromatic rings. The first kappa shape index (κ1) is 20.7. The molecule has 1 fully saturated rings. The highest BCUT2D eigenvalue weighted by molar-refractivity contribution is 7.97. The molecule has 2 aromatic carbocycles. The standard InChI is InChI=1S/C27H31N3S/c1-2-6-22(7-3-1)19-30(20-23-11-12-23)31-25-15-13-21(14-16-25)18-29-26-10-4-8-24-9-5-17-28-27(24)26/h1-3,5-7,9,13-17,23,26,29H,4,8,10-12,18-20H2. The highest BCUT2D eigenvalue weighted by Crippen LogP contribution is 2.35. The molecule has 1 aromatic heterocycles. The van der Waals surface area contributed by atoms with Crippen molar-refractivity contribution in [3.63, 3.8) is 0 Å². The Bertz CT molecular complexity index is 969. The van der Waals surface area contributed by atoms with Gasteiger partial charge in [0.15, 0.2) is 0 Å². The zero-order valence-electron chi connectivity index (χ0n) is 18.0. The molecular weight excluding hydrogens is 398 g/mol. The lowest BCUT2D eigenvalue weighted by Crippen LogP contribution is -2.25. The van der Waals surface area contributed by atoms with E-state index in [-0.39, 0.29) is 0 Å². The lowest BCUT2D eigenvalue weighted by atomic mass is 9.92. The number of nitrogens with one attached hydrogen (secondary N) is 1. The smallest absolute Gasteiger partial charge is 0.0605 e. The SMILES string of the molecule is c1ccc(CN(CC2CC2)Sc2ccc(CNC3CCCc4cccnc43)cc2)cc1. The van der Waals surface area contributed by atoms with Gasteiger partial charge in [0, 0.05) is 30.7 Å². The lowest BCUT2D eigenvalue weighted by molar-refractivity contribution is 0.443. The van der Waals surface area contributed by atoms with Gasteiger partial charge in [-0.15, -0.1) is 0 Å². The molecule has 0 radical (unpaired) electrons. The zero-order valence-corrected chi connectivity index (χ0v) is 18.9. The second-order valence-electron chi connectivity index (χ2n) is 8.86. The number of aryl methyl sites for hydroxylation is 1. The number of aromatic nitrogens is 1. The Morgan fingerprint density at radius 2 is 1.74 bits per heavy atom. The molecule has 2 aliphatic rings. The maximum absolute atomic E-state index is 4.65. The molecule has 5 rings (SSSR count). The molecule has 31 heavy (non-hydrogen) atoms. The first-order valence-electron chi connectivity index (χ1n) is 11.6. The number of hydrogen-bond donors (Lipinski definition) is 1. The molecule has 1 saturated carbocycles. The fraction of sp³-hybridized carbons (Fsp3) is 0.370. The number of pyridine rings is 1. The Kier molecular flexibility index (Phi) is 6.68. The Balaban J connectivity index is 1.18. The third kappa shape index (κ3) is 5.76. The predicted molar refractivity (Wildman–Crippen MR) is 129 cm³/mol. The van der Waals surface area contributed by atoms with Crippen LogP contribution in [0.3, 0.4) is 0 Å². The predicted octanol–water partition coefficient (Wildman–Crippen LogP) is 6.17. The van der Waals surface area contributed by atoms with Crippen LogP contribution in [0.15, 0.2) is 77.8 Å². The second-order valence-corrected chi connectivity index (χ2v) is 10.0. The summed E-state index contributed by atoms with van der Waals surface area (Å²) in [4.78, 5) is 5.98. The van der Waals surface area contributed by atoms with Crippen molar-refractivity contribution in [3.05, 3.63) is 95.3 Å². The molecule has 1 heterocycles. The van der Waals surface area contributed by atoms with E-state index in [0.717, 1.165) is 25.4 Å². The zero-order chi connectivity index (χ0) is 20.9. The van der Waals surface area contributed by atoms with Crippen LogP contribution in [0.1, 0.15) is 54.1 Å². The Hall–Kier alpha value is -2.14. The average molecular weight is 430 g/mol. The Labute approximate surface area is 190 Å². The van der Waals surface area contributed by atoms with Gasteiger partial charge in [0.1, 0.15) is 0 Å². The minimum Gasteiger partial charge on any atom is -0.305 e. The van der Waals surface area contributed by atoms with Gasteiger partial charge in [-0.2, -0.15) is 0 Å². The summed E-state index contributed by atoms with van der Waals surface area (Å²) in [5, 5.41) is 3.74. The summed E-state index contributed by atoms with van der Waals surface area (Å²) in [5.74, 6) is 0.881. The van der Waals surface area contributed by atoms with Crippen molar-refractivity contribution in [1.29, 1.82) is 0 Å². The third-order valence-corrected chi connectivity index (χ3v) is 7.29. The molecule has 1 unspecified atom stereocenters. The number of fused-ring (bicyclic) bond motifs is 1. The molecular formula is C27H31N3S. The van der Waals surface area contributed by atoms with Crippen molar-refractivity contribution in [2.45, 2.75) is 56.1 Å². The summed E-state index contributed by atoms with van der Waals surface area (Å²) < 4.78 is 2.53. The first-order valence-corrected chi connectivity index (χ1v) is 12.3. The maximum atomic E-state index is 4.65. The van der Waals surface area contributed by atoms with Crippen LogP contribution in [0.2, 0.25) is 0 Å². The Morgan fingerprint density at radius 1 is 0.903 bits per heavy atom. The monoisotopic (exact) mass is 429 g/mol. The van der Waals surface area contributed by atoms with Crippen molar-refractivity contribution in [3.8, 4) is 0 Å². The van der Waals surface area contributed by atoms with E-state index < -0.39 is 0 Å². The van der Waals surface area contributed by atoms with E-state index in [4.69, 9.17) is 0 Å². The van der Waals surface area contributed by atoms with E-state index in [1.165, 1.54) is 59.5 Å². The molecule has 0 aliphatic heterocycles. The van der Waals surface area contributed by atoms with E-state index in [0.29, 0.717) is 6.04 Å². The molecule has 160 valence electrons. The average Bonchev–Trinajstić information content (AvgIpc) is 3.63. The lowest BCUT2D eigenvalue weighted by Gasteiger charge is -2.25. The van der Waals surface area contributed by atoms with Crippen LogP contribution in [-0.2, 0) is 19.5 Å². The molecule has 0 bridgehead atoms. The highest BCUT2D eigenvalue weighted by atomic mass is 32.2. The fourth-order valence-electron chi connectivity index (χ4n) is 4.38. The molecule has 2 aliphatic carbocycles. The summed E-state index contributed by atoms with van der Waals surface area (Å²) in [5.41, 5.74) is 5.38. The third-order valence-electron chi connectivity index (χ3n) is 6.27. The van der Waals surface area contributed by atoms with Crippen LogP contribution in [0.4, 0.5) is 0 Å². The van der Waals surface area contributed by atoms with Crippen LogP contribution in [0, 0.1) is 5.92 Å². The van der Waals surface area contributed by atoms with Crippen LogP contribution >= 0.6 is 11.9 Å². The first-order chi connectivity index (χ1) is 15.3.